The summed E-state index contributed by atoms with van der Waals surface area (Å²) in [4.78, 5) is 30.1. The molecule has 2 N–H and O–H groups in total. The highest BCUT2D eigenvalue weighted by Crippen LogP contribution is 2.37. The fourth-order valence-corrected chi connectivity index (χ4v) is 2.72. The van der Waals surface area contributed by atoms with Gasteiger partial charge in [0.05, 0.1) is 11.4 Å². The standard InChI is InChI=1S/C15H18N4O2/c1-4-5-19-11-7-9(3)8(2)6-10(11)16-12-13(19)17-15(21)18-14(12)20/h6-7,13H,4-5H2,1-3H3,(H2,17,18,20,21). The molecular formula is C15H18N4O2. The smallest absolute Gasteiger partial charge is 0.323 e. The Bertz CT molecular complexity index is 666. The number of hydrogen-bond acceptors (Lipinski definition) is 4. The first-order valence-electron chi connectivity index (χ1n) is 7.09. The van der Waals surface area contributed by atoms with Crippen LogP contribution in [-0.4, -0.2) is 30.4 Å². The van der Waals surface area contributed by atoms with Gasteiger partial charge in [-0.05, 0) is 43.5 Å². The van der Waals surface area contributed by atoms with Crippen LogP contribution in [0, 0.1) is 13.8 Å². The molecule has 1 saturated heterocycles. The molecule has 1 aromatic rings. The van der Waals surface area contributed by atoms with Crippen molar-refractivity contribution >= 4 is 29.0 Å². The van der Waals surface area contributed by atoms with Gasteiger partial charge in [-0.2, -0.15) is 0 Å². The van der Waals surface area contributed by atoms with E-state index in [9.17, 15) is 9.59 Å². The lowest BCUT2D eigenvalue weighted by Gasteiger charge is -2.40. The number of aryl methyl sites for hydroxylation is 2. The van der Waals surface area contributed by atoms with Crippen LogP contribution in [-0.2, 0) is 4.79 Å². The zero-order valence-electron chi connectivity index (χ0n) is 12.4. The molecule has 6 heteroatoms. The van der Waals surface area contributed by atoms with E-state index in [2.05, 4.69) is 28.6 Å². The maximum atomic E-state index is 12.0. The lowest BCUT2D eigenvalue weighted by Crippen LogP contribution is -2.66. The Morgan fingerprint density at radius 3 is 2.67 bits per heavy atom. The van der Waals surface area contributed by atoms with Crippen molar-refractivity contribution in [2.45, 2.75) is 33.4 Å². The second-order valence-corrected chi connectivity index (χ2v) is 5.45. The molecule has 0 saturated carbocycles. The third-order valence-electron chi connectivity index (χ3n) is 3.90. The Kier molecular flexibility index (Phi) is 3.16. The van der Waals surface area contributed by atoms with Crippen molar-refractivity contribution in [3.8, 4) is 0 Å². The number of carbonyl (C=O) groups excluding carboxylic acids is 2. The van der Waals surface area contributed by atoms with Gasteiger partial charge in [-0.15, -0.1) is 0 Å². The lowest BCUT2D eigenvalue weighted by atomic mass is 10.0. The molecule has 2 aliphatic rings. The summed E-state index contributed by atoms with van der Waals surface area (Å²) in [5, 5.41) is 5.03. The third-order valence-corrected chi connectivity index (χ3v) is 3.90. The van der Waals surface area contributed by atoms with Crippen LogP contribution in [0.2, 0.25) is 0 Å². The molecule has 0 aliphatic carbocycles. The predicted octanol–water partition coefficient (Wildman–Crippen LogP) is 1.77. The van der Waals surface area contributed by atoms with Gasteiger partial charge in [0.25, 0.3) is 5.91 Å². The van der Waals surface area contributed by atoms with Crippen LogP contribution in [0.4, 0.5) is 16.2 Å². The van der Waals surface area contributed by atoms with E-state index < -0.39 is 18.1 Å². The molecule has 0 spiro atoms. The molecule has 110 valence electrons. The molecular weight excluding hydrogens is 268 g/mol. The monoisotopic (exact) mass is 286 g/mol. The SMILES string of the molecule is CCCN1c2cc(C)c(C)cc2N=C2C(=O)NC(=O)NC21. The fourth-order valence-electron chi connectivity index (χ4n) is 2.72. The Hall–Kier alpha value is -2.37. The number of amides is 3. The fraction of sp³-hybridized carbons (Fsp3) is 0.400. The average Bonchev–Trinajstić information content (AvgIpc) is 2.42. The van der Waals surface area contributed by atoms with Gasteiger partial charge in [0.2, 0.25) is 0 Å². The zero-order chi connectivity index (χ0) is 15.1. The molecule has 2 aliphatic heterocycles. The quantitative estimate of drug-likeness (QED) is 0.870. The van der Waals surface area contributed by atoms with Gasteiger partial charge in [0.15, 0.2) is 6.17 Å². The topological polar surface area (TPSA) is 73.8 Å². The van der Waals surface area contributed by atoms with Gasteiger partial charge < -0.3 is 10.2 Å². The van der Waals surface area contributed by atoms with Crippen LogP contribution in [0.3, 0.4) is 0 Å². The van der Waals surface area contributed by atoms with Crippen molar-refractivity contribution in [3.63, 3.8) is 0 Å². The summed E-state index contributed by atoms with van der Waals surface area (Å²) >= 11 is 0. The van der Waals surface area contributed by atoms with Crippen molar-refractivity contribution < 1.29 is 9.59 Å². The number of hydrogen-bond donors (Lipinski definition) is 2. The van der Waals surface area contributed by atoms with E-state index in [0.29, 0.717) is 5.71 Å². The molecule has 1 fully saturated rings. The van der Waals surface area contributed by atoms with Crippen LogP contribution >= 0.6 is 0 Å². The summed E-state index contributed by atoms with van der Waals surface area (Å²) < 4.78 is 0. The van der Waals surface area contributed by atoms with Gasteiger partial charge in [0.1, 0.15) is 5.71 Å². The Morgan fingerprint density at radius 1 is 1.24 bits per heavy atom. The Labute approximate surface area is 123 Å². The van der Waals surface area contributed by atoms with Crippen molar-refractivity contribution in [2.75, 3.05) is 11.4 Å². The highest BCUT2D eigenvalue weighted by Gasteiger charge is 2.39. The van der Waals surface area contributed by atoms with E-state index in [1.807, 2.05) is 24.8 Å². The maximum absolute atomic E-state index is 12.0. The van der Waals surface area contributed by atoms with Gasteiger partial charge >= 0.3 is 6.03 Å². The number of rotatable bonds is 2. The second-order valence-electron chi connectivity index (χ2n) is 5.45. The summed E-state index contributed by atoms with van der Waals surface area (Å²) in [6.07, 6.45) is 0.425. The second kappa shape index (κ2) is 4.87. The van der Waals surface area contributed by atoms with Gasteiger partial charge in [-0.25, -0.2) is 9.79 Å². The first-order valence-corrected chi connectivity index (χ1v) is 7.09. The van der Waals surface area contributed by atoms with Crippen molar-refractivity contribution in [3.05, 3.63) is 23.3 Å². The number of benzene rings is 1. The van der Waals surface area contributed by atoms with E-state index in [4.69, 9.17) is 0 Å². The maximum Gasteiger partial charge on any atom is 0.323 e. The molecule has 6 nitrogen and oxygen atoms in total. The highest BCUT2D eigenvalue weighted by atomic mass is 16.2. The summed E-state index contributed by atoms with van der Waals surface area (Å²) in [5.41, 5.74) is 4.39. The van der Waals surface area contributed by atoms with Crippen LogP contribution in [0.5, 0.6) is 0 Å². The van der Waals surface area contributed by atoms with Crippen LogP contribution in [0.25, 0.3) is 0 Å². The van der Waals surface area contributed by atoms with E-state index >= 15 is 0 Å². The van der Waals surface area contributed by atoms with E-state index in [1.54, 1.807) is 0 Å². The molecule has 0 aromatic heterocycles. The van der Waals surface area contributed by atoms with Gasteiger partial charge in [-0.1, -0.05) is 6.92 Å². The van der Waals surface area contributed by atoms with Gasteiger partial charge in [0, 0.05) is 6.54 Å². The molecule has 1 aromatic carbocycles. The molecule has 21 heavy (non-hydrogen) atoms. The van der Waals surface area contributed by atoms with Crippen molar-refractivity contribution in [2.24, 2.45) is 4.99 Å². The summed E-state index contributed by atoms with van der Waals surface area (Å²) in [5.74, 6) is -0.422. The largest absolute Gasteiger partial charge is 0.344 e. The number of nitrogens with one attached hydrogen (secondary N) is 2. The number of imide groups is 1. The predicted molar refractivity (Wildman–Crippen MR) is 81.1 cm³/mol. The van der Waals surface area contributed by atoms with E-state index in [-0.39, 0.29) is 0 Å². The number of urea groups is 1. The molecule has 0 radical (unpaired) electrons. The number of fused-ring (bicyclic) bond motifs is 2. The minimum absolute atomic E-state index is 0.346. The van der Waals surface area contributed by atoms with Crippen LogP contribution in [0.1, 0.15) is 24.5 Å². The Balaban J connectivity index is 2.16. The third kappa shape index (κ3) is 2.16. The summed E-state index contributed by atoms with van der Waals surface area (Å²) in [7, 11) is 0. The number of aliphatic imine (C=N–C) groups is 1. The molecule has 3 rings (SSSR count). The lowest BCUT2D eigenvalue weighted by molar-refractivity contribution is -0.114. The molecule has 3 amide bonds. The number of carbonyl (C=O) groups is 2. The van der Waals surface area contributed by atoms with Gasteiger partial charge in [-0.3, -0.25) is 10.1 Å². The molecule has 2 heterocycles. The minimum Gasteiger partial charge on any atom is -0.344 e. The Morgan fingerprint density at radius 2 is 1.95 bits per heavy atom. The van der Waals surface area contributed by atoms with E-state index in [1.165, 1.54) is 5.56 Å². The zero-order valence-corrected chi connectivity index (χ0v) is 12.4. The first-order chi connectivity index (χ1) is 10.0. The molecule has 0 bridgehead atoms. The average molecular weight is 286 g/mol. The molecule has 1 unspecified atom stereocenters. The number of anilines is 1. The minimum atomic E-state index is -0.485. The summed E-state index contributed by atoms with van der Waals surface area (Å²) in [6, 6.07) is 3.58. The van der Waals surface area contributed by atoms with Crippen molar-refractivity contribution in [1.29, 1.82) is 0 Å². The van der Waals surface area contributed by atoms with Crippen LogP contribution < -0.4 is 15.5 Å². The summed E-state index contributed by atoms with van der Waals surface area (Å²) in [6.45, 7) is 6.88. The number of nitrogens with zero attached hydrogens (tertiary/aromatic N) is 2. The first kappa shape index (κ1) is 13.6. The van der Waals surface area contributed by atoms with Crippen molar-refractivity contribution in [1.82, 2.24) is 10.6 Å². The van der Waals surface area contributed by atoms with Crippen LogP contribution in [0.15, 0.2) is 17.1 Å². The van der Waals surface area contributed by atoms with E-state index in [0.717, 1.165) is 29.9 Å². The highest BCUT2D eigenvalue weighted by molar-refractivity contribution is 6.46. The molecule has 1 atom stereocenters. The normalized spacial score (nSPS) is 20.2.